The zero-order valence-electron chi connectivity index (χ0n) is 15.1. The van der Waals surface area contributed by atoms with Crippen LogP contribution in [-0.2, 0) is 9.53 Å². The van der Waals surface area contributed by atoms with E-state index in [1.165, 1.54) is 23.3 Å². The van der Waals surface area contributed by atoms with Gasteiger partial charge in [-0.3, -0.25) is 14.9 Å². The zero-order chi connectivity index (χ0) is 19.5. The molecule has 7 nitrogen and oxygen atoms in total. The number of carbonyl (C=O) groups excluding carboxylic acids is 3. The van der Waals surface area contributed by atoms with Crippen LogP contribution in [0.15, 0.2) is 36.5 Å². The average molecular weight is 375 g/mol. The summed E-state index contributed by atoms with van der Waals surface area (Å²) in [6.45, 7) is 5.31. The molecule has 8 heteroatoms. The summed E-state index contributed by atoms with van der Waals surface area (Å²) in [5.41, 5.74) is 0.272. The number of thiocarbonyl (C=S) groups is 1. The normalized spacial score (nSPS) is 14.2. The van der Waals surface area contributed by atoms with Crippen molar-refractivity contribution < 1.29 is 19.1 Å². The number of carbonyl (C=O) groups is 3. The molecule has 1 aliphatic heterocycles. The summed E-state index contributed by atoms with van der Waals surface area (Å²) in [5.74, 6) is -0.629. The number of rotatable bonds is 3. The van der Waals surface area contributed by atoms with Crippen molar-refractivity contribution in [2.24, 2.45) is 0 Å². The lowest BCUT2D eigenvalue weighted by atomic mass is 10.2. The van der Waals surface area contributed by atoms with E-state index in [2.05, 4.69) is 5.32 Å². The summed E-state index contributed by atoms with van der Waals surface area (Å²) in [6, 6.07) is 6.31. The molecule has 1 heterocycles. The van der Waals surface area contributed by atoms with Crippen LogP contribution in [0.5, 0.6) is 0 Å². The summed E-state index contributed by atoms with van der Waals surface area (Å²) in [7, 11) is 1.51. The van der Waals surface area contributed by atoms with Gasteiger partial charge in [0.25, 0.3) is 11.8 Å². The lowest BCUT2D eigenvalue weighted by Crippen LogP contribution is -2.46. The first-order chi connectivity index (χ1) is 12.1. The van der Waals surface area contributed by atoms with Gasteiger partial charge in [0.05, 0.1) is 6.42 Å². The van der Waals surface area contributed by atoms with Crippen LogP contribution in [0.3, 0.4) is 0 Å². The summed E-state index contributed by atoms with van der Waals surface area (Å²) < 4.78 is 5.17. The molecule has 3 amide bonds. The van der Waals surface area contributed by atoms with E-state index >= 15 is 0 Å². The molecule has 0 saturated heterocycles. The molecule has 0 atom stereocenters. The molecule has 1 aromatic rings. The fourth-order valence-electron chi connectivity index (χ4n) is 2.20. The zero-order valence-corrected chi connectivity index (χ0v) is 15.9. The van der Waals surface area contributed by atoms with E-state index in [0.29, 0.717) is 16.1 Å². The summed E-state index contributed by atoms with van der Waals surface area (Å²) in [5, 5.41) is 5.04. The van der Waals surface area contributed by atoms with Crippen LogP contribution in [0.1, 0.15) is 37.6 Å². The van der Waals surface area contributed by atoms with Crippen LogP contribution in [-0.4, -0.2) is 45.4 Å². The first-order valence-corrected chi connectivity index (χ1v) is 8.39. The standard InChI is InChI=1S/C18H21N3O4S/c1-18(2,3)25-17(24)19-13-7-5-12(6-8-13)16(23)20(4)21-10-9-14(26)11-15(21)22/h5-10H,11H2,1-4H3,(H,19,24). The third kappa shape index (κ3) is 5.13. The highest BCUT2D eigenvalue weighted by Crippen LogP contribution is 2.16. The van der Waals surface area contributed by atoms with Gasteiger partial charge in [0.2, 0.25) is 0 Å². The van der Waals surface area contributed by atoms with E-state index < -0.39 is 11.7 Å². The van der Waals surface area contributed by atoms with Crippen LogP contribution >= 0.6 is 12.2 Å². The van der Waals surface area contributed by atoms with E-state index in [-0.39, 0.29) is 18.2 Å². The molecule has 0 radical (unpaired) electrons. The largest absolute Gasteiger partial charge is 0.444 e. The van der Waals surface area contributed by atoms with Crippen LogP contribution in [0.2, 0.25) is 0 Å². The highest BCUT2D eigenvalue weighted by molar-refractivity contribution is 7.80. The fourth-order valence-corrected chi connectivity index (χ4v) is 2.38. The van der Waals surface area contributed by atoms with Crippen molar-refractivity contribution in [3.8, 4) is 0 Å². The average Bonchev–Trinajstić information content (AvgIpc) is 2.52. The van der Waals surface area contributed by atoms with Gasteiger partial charge in [0.15, 0.2) is 0 Å². The summed E-state index contributed by atoms with van der Waals surface area (Å²) in [4.78, 5) is 36.8. The Kier molecular flexibility index (Phi) is 5.76. The molecular formula is C18H21N3O4S. The predicted octanol–water partition coefficient (Wildman–Crippen LogP) is 3.14. The van der Waals surface area contributed by atoms with Crippen LogP contribution in [0, 0.1) is 0 Å². The minimum Gasteiger partial charge on any atom is -0.444 e. The highest BCUT2D eigenvalue weighted by atomic mass is 32.1. The number of allylic oxidation sites excluding steroid dienone is 1. The van der Waals surface area contributed by atoms with Gasteiger partial charge in [-0.15, -0.1) is 0 Å². The van der Waals surface area contributed by atoms with Crippen LogP contribution in [0.25, 0.3) is 0 Å². The fraction of sp³-hybridized carbons (Fsp3) is 0.333. The monoisotopic (exact) mass is 375 g/mol. The van der Waals surface area contributed by atoms with Crippen molar-refractivity contribution in [3.05, 3.63) is 42.1 Å². The summed E-state index contributed by atoms with van der Waals surface area (Å²) >= 11 is 4.98. The van der Waals surface area contributed by atoms with Crippen molar-refractivity contribution >= 4 is 40.7 Å². The van der Waals surface area contributed by atoms with Gasteiger partial charge in [0, 0.05) is 29.4 Å². The Balaban J connectivity index is 2.04. The predicted molar refractivity (Wildman–Crippen MR) is 102 cm³/mol. The second kappa shape index (κ2) is 7.65. The molecule has 1 aliphatic rings. The van der Waals surface area contributed by atoms with Gasteiger partial charge < -0.3 is 4.74 Å². The van der Waals surface area contributed by atoms with Crippen molar-refractivity contribution in [1.82, 2.24) is 10.0 Å². The first kappa shape index (κ1) is 19.6. The Morgan fingerprint density at radius 3 is 2.38 bits per heavy atom. The molecule has 26 heavy (non-hydrogen) atoms. The molecular weight excluding hydrogens is 354 g/mol. The number of amides is 3. The third-order valence-corrected chi connectivity index (χ3v) is 3.66. The molecule has 0 unspecified atom stereocenters. The molecule has 0 aliphatic carbocycles. The topological polar surface area (TPSA) is 79.0 Å². The minimum atomic E-state index is -0.598. The van der Waals surface area contributed by atoms with Crippen molar-refractivity contribution in [2.75, 3.05) is 12.4 Å². The molecule has 2 rings (SSSR count). The second-order valence-electron chi connectivity index (χ2n) is 6.73. The van der Waals surface area contributed by atoms with Crippen LogP contribution in [0.4, 0.5) is 10.5 Å². The molecule has 0 spiro atoms. The number of nitrogens with one attached hydrogen (secondary N) is 1. The number of anilines is 1. The molecule has 0 bridgehead atoms. The number of hydrazine groups is 1. The molecule has 1 N–H and O–H groups in total. The number of nitrogens with zero attached hydrogens (tertiary/aromatic N) is 2. The maximum atomic E-state index is 12.5. The molecule has 1 aromatic carbocycles. The second-order valence-corrected chi connectivity index (χ2v) is 7.25. The number of hydrogen-bond donors (Lipinski definition) is 1. The Morgan fingerprint density at radius 2 is 1.85 bits per heavy atom. The molecule has 0 fully saturated rings. The number of hydrogen-bond acceptors (Lipinski definition) is 5. The van der Waals surface area contributed by atoms with Gasteiger partial charge in [-0.1, -0.05) is 12.2 Å². The Bertz CT molecular complexity index is 766. The lowest BCUT2D eigenvalue weighted by molar-refractivity contribution is -0.136. The van der Waals surface area contributed by atoms with Gasteiger partial charge in [0.1, 0.15) is 5.60 Å². The highest BCUT2D eigenvalue weighted by Gasteiger charge is 2.25. The maximum absolute atomic E-state index is 12.5. The van der Waals surface area contributed by atoms with Gasteiger partial charge in [-0.25, -0.2) is 14.8 Å². The van der Waals surface area contributed by atoms with E-state index in [1.54, 1.807) is 51.1 Å². The third-order valence-electron chi connectivity index (χ3n) is 3.38. The van der Waals surface area contributed by atoms with Gasteiger partial charge in [-0.2, -0.15) is 0 Å². The number of ether oxygens (including phenoxy) is 1. The Labute approximate surface area is 157 Å². The van der Waals surface area contributed by atoms with E-state index in [9.17, 15) is 14.4 Å². The minimum absolute atomic E-state index is 0.0994. The first-order valence-electron chi connectivity index (χ1n) is 7.98. The molecule has 138 valence electrons. The van der Waals surface area contributed by atoms with E-state index in [0.717, 1.165) is 0 Å². The van der Waals surface area contributed by atoms with E-state index in [4.69, 9.17) is 17.0 Å². The molecule has 0 aromatic heterocycles. The molecule has 0 saturated carbocycles. The lowest BCUT2D eigenvalue weighted by Gasteiger charge is -2.30. The maximum Gasteiger partial charge on any atom is 0.412 e. The van der Waals surface area contributed by atoms with Gasteiger partial charge >= 0.3 is 6.09 Å². The van der Waals surface area contributed by atoms with Crippen LogP contribution < -0.4 is 5.32 Å². The number of benzene rings is 1. The summed E-state index contributed by atoms with van der Waals surface area (Å²) in [6.07, 6.45) is 2.62. The SMILES string of the molecule is CN(C(=O)c1ccc(NC(=O)OC(C)(C)C)cc1)N1C=CC(=S)CC1=O. The van der Waals surface area contributed by atoms with Crippen molar-refractivity contribution in [3.63, 3.8) is 0 Å². The van der Waals surface area contributed by atoms with Gasteiger partial charge in [-0.05, 0) is 51.1 Å². The van der Waals surface area contributed by atoms with Crippen molar-refractivity contribution in [2.45, 2.75) is 32.8 Å². The Morgan fingerprint density at radius 1 is 1.23 bits per heavy atom. The van der Waals surface area contributed by atoms with E-state index in [1.807, 2.05) is 0 Å². The smallest absolute Gasteiger partial charge is 0.412 e. The Hall–Kier alpha value is -2.74. The van der Waals surface area contributed by atoms with Crippen molar-refractivity contribution in [1.29, 1.82) is 0 Å². The quantitative estimate of drug-likeness (QED) is 0.821.